The lowest BCUT2D eigenvalue weighted by molar-refractivity contribution is 0.0958. The highest BCUT2D eigenvalue weighted by molar-refractivity contribution is 9.10. The van der Waals surface area contributed by atoms with Crippen molar-refractivity contribution in [1.29, 1.82) is 0 Å². The molecule has 1 amide bonds. The molecule has 0 bridgehead atoms. The minimum atomic E-state index is -1.14. The molecule has 0 aliphatic carbocycles. The summed E-state index contributed by atoms with van der Waals surface area (Å²) in [6.07, 6.45) is 0. The number of amides is 1. The number of rotatable bonds is 1. The number of hydrogen-bond acceptors (Lipinski definition) is 1. The Bertz CT molecular complexity index is 354. The number of carbonyl (C=O) groups is 1. The molecule has 0 aromatic heterocycles. The second-order valence-corrected chi connectivity index (χ2v) is 3.24. The van der Waals surface area contributed by atoms with Gasteiger partial charge in [0.1, 0.15) is 0 Å². The zero-order valence-corrected chi connectivity index (χ0v) is 8.28. The van der Waals surface area contributed by atoms with Gasteiger partial charge in [0, 0.05) is 11.5 Å². The molecule has 0 spiro atoms. The monoisotopic (exact) mass is 249 g/mol. The molecule has 0 aliphatic rings. The Morgan fingerprint density at radius 2 is 2.08 bits per heavy atom. The standard InChI is InChI=1S/C8H6BrF2NO/c1-12-8(13)5-2-4(9)3-6(10)7(5)11/h2-3H,1H3,(H,12,13). The maximum Gasteiger partial charge on any atom is 0.254 e. The second kappa shape index (κ2) is 3.83. The molecule has 0 unspecified atom stereocenters. The first kappa shape index (κ1) is 10.1. The van der Waals surface area contributed by atoms with Crippen LogP contribution in [0.1, 0.15) is 10.4 Å². The van der Waals surface area contributed by atoms with Crippen LogP contribution in [0, 0.1) is 11.6 Å². The maximum absolute atomic E-state index is 13.0. The fourth-order valence-corrected chi connectivity index (χ4v) is 1.29. The van der Waals surface area contributed by atoms with E-state index in [1.165, 1.54) is 13.1 Å². The van der Waals surface area contributed by atoms with Crippen molar-refractivity contribution >= 4 is 21.8 Å². The lowest BCUT2D eigenvalue weighted by atomic mass is 10.2. The molecule has 1 aromatic carbocycles. The fourth-order valence-electron chi connectivity index (χ4n) is 0.856. The van der Waals surface area contributed by atoms with Gasteiger partial charge in [-0.25, -0.2) is 8.78 Å². The number of nitrogens with one attached hydrogen (secondary N) is 1. The predicted octanol–water partition coefficient (Wildman–Crippen LogP) is 2.09. The molecule has 5 heteroatoms. The van der Waals surface area contributed by atoms with Gasteiger partial charge in [0.05, 0.1) is 5.56 Å². The number of hydrogen-bond donors (Lipinski definition) is 1. The topological polar surface area (TPSA) is 29.1 Å². The first-order valence-corrected chi connectivity index (χ1v) is 4.22. The number of halogens is 3. The van der Waals surface area contributed by atoms with Crippen LogP contribution in [-0.2, 0) is 0 Å². The zero-order chi connectivity index (χ0) is 10.0. The van der Waals surface area contributed by atoms with Gasteiger partial charge in [0.15, 0.2) is 11.6 Å². The Balaban J connectivity index is 3.28. The molecule has 0 saturated carbocycles. The molecule has 0 radical (unpaired) electrons. The van der Waals surface area contributed by atoms with E-state index in [-0.39, 0.29) is 5.56 Å². The lowest BCUT2D eigenvalue weighted by Crippen LogP contribution is -2.19. The van der Waals surface area contributed by atoms with E-state index < -0.39 is 17.5 Å². The highest BCUT2D eigenvalue weighted by atomic mass is 79.9. The molecule has 13 heavy (non-hydrogen) atoms. The fraction of sp³-hybridized carbons (Fsp3) is 0.125. The van der Waals surface area contributed by atoms with E-state index in [1.807, 2.05) is 0 Å². The molecule has 0 saturated heterocycles. The summed E-state index contributed by atoms with van der Waals surface area (Å²) in [7, 11) is 1.35. The Morgan fingerprint density at radius 1 is 1.46 bits per heavy atom. The van der Waals surface area contributed by atoms with Crippen LogP contribution in [0.2, 0.25) is 0 Å². The van der Waals surface area contributed by atoms with Gasteiger partial charge >= 0.3 is 0 Å². The minimum absolute atomic E-state index is 0.311. The van der Waals surface area contributed by atoms with E-state index in [0.29, 0.717) is 4.47 Å². The summed E-state index contributed by atoms with van der Waals surface area (Å²) in [5, 5.41) is 2.21. The molecule has 70 valence electrons. The SMILES string of the molecule is CNC(=O)c1cc(Br)cc(F)c1F. The molecular formula is C8H6BrF2NO. The molecular weight excluding hydrogens is 244 g/mol. The van der Waals surface area contributed by atoms with Gasteiger partial charge in [0.25, 0.3) is 5.91 Å². The summed E-state index contributed by atoms with van der Waals surface area (Å²) >= 11 is 2.96. The summed E-state index contributed by atoms with van der Waals surface area (Å²) in [5.74, 6) is -2.84. The van der Waals surface area contributed by atoms with Crippen molar-refractivity contribution in [3.05, 3.63) is 33.8 Å². The molecule has 1 N–H and O–H groups in total. The second-order valence-electron chi connectivity index (χ2n) is 2.33. The van der Waals surface area contributed by atoms with Gasteiger partial charge in [0.2, 0.25) is 0 Å². The molecule has 0 heterocycles. The largest absolute Gasteiger partial charge is 0.355 e. The first-order valence-electron chi connectivity index (χ1n) is 3.43. The summed E-state index contributed by atoms with van der Waals surface area (Å²) in [5.41, 5.74) is -0.311. The Kier molecular flexibility index (Phi) is 2.98. The van der Waals surface area contributed by atoms with E-state index in [1.54, 1.807) is 0 Å². The van der Waals surface area contributed by atoms with E-state index in [4.69, 9.17) is 0 Å². The van der Waals surface area contributed by atoms with Crippen LogP contribution in [-0.4, -0.2) is 13.0 Å². The molecule has 0 aliphatic heterocycles. The van der Waals surface area contributed by atoms with E-state index in [2.05, 4.69) is 21.2 Å². The maximum atomic E-state index is 13.0. The molecule has 1 rings (SSSR count). The third-order valence-corrected chi connectivity index (χ3v) is 1.92. The van der Waals surface area contributed by atoms with E-state index in [9.17, 15) is 13.6 Å². The third-order valence-electron chi connectivity index (χ3n) is 1.46. The normalized spacial score (nSPS) is 9.85. The van der Waals surface area contributed by atoms with Crippen LogP contribution in [0.3, 0.4) is 0 Å². The smallest absolute Gasteiger partial charge is 0.254 e. The van der Waals surface area contributed by atoms with Crippen molar-refractivity contribution in [3.63, 3.8) is 0 Å². The van der Waals surface area contributed by atoms with Crippen LogP contribution in [0.15, 0.2) is 16.6 Å². The predicted molar refractivity (Wildman–Crippen MR) is 47.4 cm³/mol. The summed E-state index contributed by atoms with van der Waals surface area (Å²) in [4.78, 5) is 11.0. The van der Waals surface area contributed by atoms with Crippen molar-refractivity contribution in [1.82, 2.24) is 5.32 Å². The van der Waals surface area contributed by atoms with Gasteiger partial charge in [-0.05, 0) is 12.1 Å². The van der Waals surface area contributed by atoms with Crippen molar-refractivity contribution in [2.45, 2.75) is 0 Å². The van der Waals surface area contributed by atoms with Gasteiger partial charge in [-0.15, -0.1) is 0 Å². The quantitative estimate of drug-likeness (QED) is 0.759. The Labute approximate surface area is 82.1 Å². The summed E-state index contributed by atoms with van der Waals surface area (Å²) in [6.45, 7) is 0. The average molecular weight is 250 g/mol. The first-order chi connectivity index (χ1) is 6.06. The van der Waals surface area contributed by atoms with Crippen molar-refractivity contribution in [2.24, 2.45) is 0 Å². The van der Waals surface area contributed by atoms with Crippen LogP contribution < -0.4 is 5.32 Å². The van der Waals surface area contributed by atoms with Crippen molar-refractivity contribution in [3.8, 4) is 0 Å². The van der Waals surface area contributed by atoms with E-state index in [0.717, 1.165) is 6.07 Å². The highest BCUT2D eigenvalue weighted by Crippen LogP contribution is 2.18. The van der Waals surface area contributed by atoms with Crippen LogP contribution in [0.25, 0.3) is 0 Å². The van der Waals surface area contributed by atoms with Crippen LogP contribution >= 0.6 is 15.9 Å². The van der Waals surface area contributed by atoms with Crippen LogP contribution in [0.4, 0.5) is 8.78 Å². The van der Waals surface area contributed by atoms with Crippen molar-refractivity contribution < 1.29 is 13.6 Å². The van der Waals surface area contributed by atoms with Crippen LogP contribution in [0.5, 0.6) is 0 Å². The Hall–Kier alpha value is -0.970. The van der Waals surface area contributed by atoms with E-state index >= 15 is 0 Å². The summed E-state index contributed by atoms with van der Waals surface area (Å²) < 4.78 is 26.0. The zero-order valence-electron chi connectivity index (χ0n) is 6.70. The van der Waals surface area contributed by atoms with Gasteiger partial charge in [-0.2, -0.15) is 0 Å². The van der Waals surface area contributed by atoms with Gasteiger partial charge < -0.3 is 5.32 Å². The van der Waals surface area contributed by atoms with Gasteiger partial charge in [-0.1, -0.05) is 15.9 Å². The molecule has 2 nitrogen and oxygen atoms in total. The van der Waals surface area contributed by atoms with Crippen molar-refractivity contribution in [2.75, 3.05) is 7.05 Å². The molecule has 1 aromatic rings. The van der Waals surface area contributed by atoms with Gasteiger partial charge in [-0.3, -0.25) is 4.79 Å². The highest BCUT2D eigenvalue weighted by Gasteiger charge is 2.15. The number of carbonyl (C=O) groups excluding carboxylic acids is 1. The lowest BCUT2D eigenvalue weighted by Gasteiger charge is -2.02. The average Bonchev–Trinajstić information content (AvgIpc) is 2.10. The summed E-state index contributed by atoms with van der Waals surface area (Å²) in [6, 6.07) is 2.18. The third kappa shape index (κ3) is 2.03. The molecule has 0 atom stereocenters. The number of benzene rings is 1. The Morgan fingerprint density at radius 3 is 2.62 bits per heavy atom. The molecule has 0 fully saturated rings. The minimum Gasteiger partial charge on any atom is -0.355 e.